The highest BCUT2D eigenvalue weighted by molar-refractivity contribution is 5.74. The maximum atomic E-state index is 9.99. The van der Waals surface area contributed by atoms with Gasteiger partial charge in [0.05, 0.1) is 75.1 Å². The van der Waals surface area contributed by atoms with Gasteiger partial charge in [0.25, 0.3) is 0 Å². The molecule has 0 atom stereocenters. The van der Waals surface area contributed by atoms with Gasteiger partial charge in [0.1, 0.15) is 0 Å². The van der Waals surface area contributed by atoms with Gasteiger partial charge in [-0.1, -0.05) is 0 Å². The molecule has 0 bridgehead atoms. The number of quaternary nitrogens is 6. The number of hydrogen-bond acceptors (Lipinski definition) is 14. The van der Waals surface area contributed by atoms with Crippen molar-refractivity contribution >= 4 is 35.8 Å². The zero-order valence-electron chi connectivity index (χ0n) is 30.0. The molecule has 0 aromatic heterocycles. The summed E-state index contributed by atoms with van der Waals surface area (Å²) in [6.07, 6.45) is 15.8. The maximum Gasteiger partial charge on any atom is 0.0739 e. The van der Waals surface area contributed by atoms with E-state index in [4.69, 9.17) is 0 Å². The Labute approximate surface area is 295 Å². The van der Waals surface area contributed by atoms with Crippen LogP contribution in [0.4, 0.5) is 0 Å². The number of carboxylic acids is 6. The van der Waals surface area contributed by atoms with Crippen molar-refractivity contribution in [2.75, 3.05) is 78.5 Å². The standard InChI is InChI=1S/3C6H16N2.2C6H9NO6/c3*7-5-3-1-2-4-6-8;2*8-4(9)1-7(2-5(10)11)3-6(12)13/h3*1-8H2;2*1-3H2,(H,8,9)(H,10,11)(H,12,13). The molecule has 298 valence electrons. The van der Waals surface area contributed by atoms with Gasteiger partial charge in [0.2, 0.25) is 0 Å². The molecule has 0 aliphatic carbocycles. The summed E-state index contributed by atoms with van der Waals surface area (Å²) in [6.45, 7) is 1.83. The van der Waals surface area contributed by atoms with Gasteiger partial charge >= 0.3 is 0 Å². The molecule has 20 heteroatoms. The second-order valence-corrected chi connectivity index (χ2v) is 10.9. The Kier molecular flexibility index (Phi) is 50.9. The highest BCUT2D eigenvalue weighted by Crippen LogP contribution is 1.95. The van der Waals surface area contributed by atoms with E-state index in [1.807, 2.05) is 0 Å². The van der Waals surface area contributed by atoms with E-state index < -0.39 is 75.1 Å². The average molecular weight is 731 g/mol. The van der Waals surface area contributed by atoms with Crippen LogP contribution in [-0.4, -0.2) is 124 Å². The topological polar surface area (TPSA) is 413 Å². The van der Waals surface area contributed by atoms with Crippen LogP contribution in [-0.2, 0) is 28.8 Å². The molecule has 50 heavy (non-hydrogen) atoms. The van der Waals surface area contributed by atoms with Crippen molar-refractivity contribution in [1.29, 1.82) is 0 Å². The molecule has 0 unspecified atom stereocenters. The molecule has 0 heterocycles. The number of aliphatic carboxylic acids is 6. The number of carbonyl (C=O) groups excluding carboxylic acids is 6. The number of unbranched alkanes of at least 4 members (excludes halogenated alkanes) is 9. The van der Waals surface area contributed by atoms with Gasteiger partial charge in [-0.3, -0.25) is 9.80 Å². The van der Waals surface area contributed by atoms with Crippen molar-refractivity contribution in [3.05, 3.63) is 0 Å². The van der Waals surface area contributed by atoms with Crippen molar-refractivity contribution in [3.8, 4) is 0 Å². The van der Waals surface area contributed by atoms with E-state index in [0.717, 1.165) is 39.3 Å². The van der Waals surface area contributed by atoms with Crippen molar-refractivity contribution in [2.24, 2.45) is 0 Å². The van der Waals surface area contributed by atoms with E-state index in [9.17, 15) is 59.4 Å². The number of carbonyl (C=O) groups is 6. The summed E-state index contributed by atoms with van der Waals surface area (Å²) in [7, 11) is 0. The molecule has 20 nitrogen and oxygen atoms in total. The van der Waals surface area contributed by atoms with Gasteiger partial charge in [-0.25, -0.2) is 0 Å². The van der Waals surface area contributed by atoms with Crippen LogP contribution >= 0.6 is 0 Å². The molecule has 0 aliphatic rings. The molecule has 0 aromatic rings. The summed E-state index contributed by atoms with van der Waals surface area (Å²) in [4.78, 5) is 61.2. The largest absolute Gasteiger partial charge is 0.549 e. The van der Waals surface area contributed by atoms with Gasteiger partial charge in [-0.15, -0.1) is 0 Å². The van der Waals surface area contributed by atoms with E-state index in [1.54, 1.807) is 0 Å². The normalized spacial score (nSPS) is 9.84. The first-order valence-electron chi connectivity index (χ1n) is 17.0. The summed E-state index contributed by atoms with van der Waals surface area (Å²) in [6, 6.07) is 0. The van der Waals surface area contributed by atoms with Crippen LogP contribution in [0.3, 0.4) is 0 Å². The Balaban J connectivity index is -0.000000172. The predicted octanol–water partition coefficient (Wildman–Crippen LogP) is -13.8. The maximum absolute atomic E-state index is 9.99. The first kappa shape index (κ1) is 55.9. The zero-order chi connectivity index (χ0) is 39.6. The van der Waals surface area contributed by atoms with Gasteiger partial charge in [0.15, 0.2) is 0 Å². The number of nitrogens with zero attached hydrogens (tertiary/aromatic N) is 2. The van der Waals surface area contributed by atoms with Crippen LogP contribution in [0.2, 0.25) is 0 Å². The predicted molar refractivity (Wildman–Crippen MR) is 165 cm³/mol. The Morgan fingerprint density at radius 1 is 0.280 bits per heavy atom. The Morgan fingerprint density at radius 3 is 0.480 bits per heavy atom. The zero-order valence-corrected chi connectivity index (χ0v) is 30.0. The summed E-state index contributed by atoms with van der Waals surface area (Å²) in [5, 5.41) is 60.0. The number of rotatable bonds is 27. The van der Waals surface area contributed by atoms with Crippen molar-refractivity contribution in [2.45, 2.75) is 77.0 Å². The minimum Gasteiger partial charge on any atom is -0.549 e. The molecule has 0 radical (unpaired) electrons. The fraction of sp³-hybridized carbons (Fsp3) is 0.800. The minimum atomic E-state index is -1.57. The summed E-state index contributed by atoms with van der Waals surface area (Å²) < 4.78 is 0. The molecule has 0 spiro atoms. The third-order valence-electron chi connectivity index (χ3n) is 5.87. The Hall–Kier alpha value is -3.50. The summed E-state index contributed by atoms with van der Waals surface area (Å²) in [5.74, 6) is -9.40. The van der Waals surface area contributed by atoms with Crippen LogP contribution < -0.4 is 65.0 Å². The number of carboxylic acid groups (broad SMARTS) is 6. The lowest BCUT2D eigenvalue weighted by Gasteiger charge is -2.23. The third kappa shape index (κ3) is 66.8. The van der Waals surface area contributed by atoms with Crippen LogP contribution in [0.1, 0.15) is 77.0 Å². The van der Waals surface area contributed by atoms with Crippen LogP contribution in [0.5, 0.6) is 0 Å². The lowest BCUT2D eigenvalue weighted by atomic mass is 10.2. The average Bonchev–Trinajstić information content (AvgIpc) is 2.99. The lowest BCUT2D eigenvalue weighted by Crippen LogP contribution is -2.50. The SMILES string of the molecule is O=C([O-])CN(CC(=O)[O-])CC(=O)[O-].O=C([O-])CN(CC(=O)[O-])CC(=O)[O-].[NH3+]CCCCCC[NH3+].[NH3+]CCCCCC[NH3+].[NH3+]CCCCCC[NH3+]. The second kappa shape index (κ2) is 45.5. The van der Waals surface area contributed by atoms with Crippen molar-refractivity contribution in [1.82, 2.24) is 9.80 Å². The van der Waals surface area contributed by atoms with Gasteiger partial charge in [-0.05, 0) is 77.0 Å². The number of hydrogen-bond donors (Lipinski definition) is 6. The lowest BCUT2D eigenvalue weighted by molar-refractivity contribution is -0.371. The Bertz CT molecular complexity index is 671. The minimum absolute atomic E-state index is 0.611. The molecule has 0 amide bonds. The second-order valence-electron chi connectivity index (χ2n) is 10.9. The van der Waals surface area contributed by atoms with E-state index in [-0.39, 0.29) is 0 Å². The molecule has 0 aromatic carbocycles. The molecule has 18 N–H and O–H groups in total. The van der Waals surface area contributed by atoms with Crippen LogP contribution in [0.25, 0.3) is 0 Å². The van der Waals surface area contributed by atoms with Crippen LogP contribution in [0.15, 0.2) is 0 Å². The molecule has 0 saturated heterocycles. The third-order valence-corrected chi connectivity index (χ3v) is 5.87. The first-order chi connectivity index (χ1) is 23.6. The van der Waals surface area contributed by atoms with Gasteiger partial charge in [0, 0.05) is 39.3 Å². The smallest absolute Gasteiger partial charge is 0.0739 e. The first-order valence-corrected chi connectivity index (χ1v) is 17.0. The highest BCUT2D eigenvalue weighted by atomic mass is 16.4. The fourth-order valence-corrected chi connectivity index (χ4v) is 3.55. The highest BCUT2D eigenvalue weighted by Gasteiger charge is 2.06. The Morgan fingerprint density at radius 2 is 0.400 bits per heavy atom. The van der Waals surface area contributed by atoms with Gasteiger partial charge < -0.3 is 93.8 Å². The van der Waals surface area contributed by atoms with Crippen molar-refractivity contribution in [3.63, 3.8) is 0 Å². The van der Waals surface area contributed by atoms with E-state index >= 15 is 0 Å². The van der Waals surface area contributed by atoms with Crippen LogP contribution in [0, 0.1) is 0 Å². The van der Waals surface area contributed by atoms with Crippen molar-refractivity contribution < 1.29 is 93.8 Å². The van der Waals surface area contributed by atoms with E-state index in [1.165, 1.54) is 77.0 Å². The molecule has 0 aliphatic heterocycles. The molecular weight excluding hydrogens is 664 g/mol. The van der Waals surface area contributed by atoms with E-state index in [0.29, 0.717) is 9.80 Å². The molecule has 0 fully saturated rings. The molecule has 0 saturated carbocycles. The molecule has 0 rings (SSSR count). The quantitative estimate of drug-likeness (QED) is 0.0428. The molecular formula is C30H66N8O12. The monoisotopic (exact) mass is 730 g/mol. The van der Waals surface area contributed by atoms with E-state index in [2.05, 4.69) is 34.4 Å². The summed E-state index contributed by atoms with van der Waals surface area (Å²) in [5.41, 5.74) is 22.6. The fourth-order valence-electron chi connectivity index (χ4n) is 3.55. The van der Waals surface area contributed by atoms with Gasteiger partial charge in [-0.2, -0.15) is 0 Å². The summed E-state index contributed by atoms with van der Waals surface area (Å²) >= 11 is 0.